The van der Waals surface area contributed by atoms with E-state index in [9.17, 15) is 13.2 Å². The topological polar surface area (TPSA) is 57.2 Å². The van der Waals surface area contributed by atoms with Crippen LogP contribution >= 0.6 is 0 Å². The maximum Gasteiger partial charge on any atom is 0.485 e. The lowest BCUT2D eigenvalue weighted by atomic mass is 10.1. The molecule has 0 spiro atoms. The van der Waals surface area contributed by atoms with Crippen LogP contribution < -0.4 is 0 Å². The summed E-state index contributed by atoms with van der Waals surface area (Å²) in [6.07, 6.45) is 4.46. The molecule has 0 saturated carbocycles. The predicted octanol–water partition coefficient (Wildman–Crippen LogP) is 2.98. The second kappa shape index (κ2) is 7.70. The molecule has 0 atom stereocenters. The van der Waals surface area contributed by atoms with Crippen LogP contribution in [0, 0.1) is 0 Å². The molecule has 0 aromatic heterocycles. The van der Waals surface area contributed by atoms with E-state index in [0.29, 0.717) is 10.9 Å². The summed E-state index contributed by atoms with van der Waals surface area (Å²) >= 11 is 0. The molecule has 1 rings (SSSR count). The van der Waals surface area contributed by atoms with Crippen LogP contribution in [-0.4, -0.2) is 31.0 Å². The molecule has 0 aliphatic rings. The first-order valence-electron chi connectivity index (χ1n) is 5.27. The van der Waals surface area contributed by atoms with E-state index in [-0.39, 0.29) is 0 Å². The van der Waals surface area contributed by atoms with Crippen molar-refractivity contribution in [1.29, 1.82) is 0 Å². The maximum absolute atomic E-state index is 10.7. The van der Waals surface area contributed by atoms with E-state index in [0.717, 1.165) is 0 Å². The summed E-state index contributed by atoms with van der Waals surface area (Å²) in [6.45, 7) is 2.17. The molecule has 1 aromatic rings. The number of halogens is 3. The van der Waals surface area contributed by atoms with Gasteiger partial charge in [-0.3, -0.25) is 0 Å². The molecule has 0 heterocycles. The van der Waals surface area contributed by atoms with Crippen molar-refractivity contribution in [2.24, 2.45) is 0 Å². The zero-order chi connectivity index (χ0) is 16.0. The summed E-state index contributed by atoms with van der Waals surface area (Å²) in [5, 5.41) is 2.31. The van der Waals surface area contributed by atoms with Gasteiger partial charge in [-0.05, 0) is 12.5 Å². The molecule has 0 fully saturated rings. The van der Waals surface area contributed by atoms with Crippen LogP contribution in [0.1, 0.15) is 12.5 Å². The van der Waals surface area contributed by atoms with Gasteiger partial charge in [0.15, 0.2) is 10.1 Å². The van der Waals surface area contributed by atoms with Crippen LogP contribution in [0.4, 0.5) is 13.2 Å². The van der Waals surface area contributed by atoms with Crippen LogP contribution in [0.15, 0.2) is 35.7 Å². The SMILES string of the molecule is C/C(=C\[S+](C)C)c1ccccc1.O=S(=O)([O-])C(F)(F)F. The highest BCUT2D eigenvalue weighted by atomic mass is 32.2. The average Bonchev–Trinajstić information content (AvgIpc) is 2.27. The summed E-state index contributed by atoms with van der Waals surface area (Å²) < 4.78 is 58.9. The molecule has 3 nitrogen and oxygen atoms in total. The Balaban J connectivity index is 0.000000396. The van der Waals surface area contributed by atoms with Gasteiger partial charge in [0.1, 0.15) is 17.9 Å². The van der Waals surface area contributed by atoms with E-state index in [2.05, 4.69) is 55.2 Å². The van der Waals surface area contributed by atoms with Gasteiger partial charge in [0.05, 0.1) is 0 Å². The number of hydrogen-bond donors (Lipinski definition) is 0. The Morgan fingerprint density at radius 3 is 1.90 bits per heavy atom. The quantitative estimate of drug-likeness (QED) is 0.476. The molecular formula is C12H15F3O3S2. The molecule has 0 N–H and O–H groups in total. The first kappa shape index (κ1) is 19.0. The average molecular weight is 328 g/mol. The van der Waals surface area contributed by atoms with Crippen molar-refractivity contribution in [3.05, 3.63) is 41.3 Å². The van der Waals surface area contributed by atoms with Crippen molar-refractivity contribution in [3.63, 3.8) is 0 Å². The second-order valence-corrected chi connectivity index (χ2v) is 7.31. The van der Waals surface area contributed by atoms with Gasteiger partial charge in [0.25, 0.3) is 0 Å². The lowest BCUT2D eigenvalue weighted by Gasteiger charge is -2.08. The molecular weight excluding hydrogens is 313 g/mol. The Bertz CT molecular complexity index is 535. The minimum atomic E-state index is -6.09. The Morgan fingerprint density at radius 1 is 1.20 bits per heavy atom. The number of hydrogen-bond acceptors (Lipinski definition) is 3. The highest BCUT2D eigenvalue weighted by Crippen LogP contribution is 2.20. The number of rotatable bonds is 2. The van der Waals surface area contributed by atoms with Crippen molar-refractivity contribution >= 4 is 26.6 Å². The van der Waals surface area contributed by atoms with Crippen LogP contribution in [0.25, 0.3) is 5.57 Å². The standard InChI is InChI=1S/C11H15S.CHF3O3S/c1-10(9-12(2)3)11-7-5-4-6-8-11;2-1(3,4)8(5,6)7/h4-9H,1-3H3;(H,5,6,7)/q+1;/p-1/b10-9+;. The molecule has 0 amide bonds. The highest BCUT2D eigenvalue weighted by Gasteiger charge is 2.36. The van der Waals surface area contributed by atoms with Gasteiger partial charge in [0.2, 0.25) is 0 Å². The van der Waals surface area contributed by atoms with Gasteiger partial charge >= 0.3 is 5.51 Å². The summed E-state index contributed by atoms with van der Waals surface area (Å²) in [5.74, 6) is 0. The molecule has 0 bridgehead atoms. The third-order valence-electron chi connectivity index (χ3n) is 1.93. The van der Waals surface area contributed by atoms with Gasteiger partial charge in [-0.1, -0.05) is 30.3 Å². The van der Waals surface area contributed by atoms with Crippen molar-refractivity contribution in [2.75, 3.05) is 12.5 Å². The molecule has 0 radical (unpaired) electrons. The van der Waals surface area contributed by atoms with E-state index in [1.807, 2.05) is 0 Å². The van der Waals surface area contributed by atoms with Gasteiger partial charge in [-0.25, -0.2) is 8.42 Å². The summed E-state index contributed by atoms with van der Waals surface area (Å²) in [6, 6.07) is 10.5. The summed E-state index contributed by atoms with van der Waals surface area (Å²) in [5.41, 5.74) is -2.94. The van der Waals surface area contributed by atoms with Crippen molar-refractivity contribution in [2.45, 2.75) is 12.4 Å². The van der Waals surface area contributed by atoms with Crippen molar-refractivity contribution in [1.82, 2.24) is 0 Å². The second-order valence-electron chi connectivity index (χ2n) is 3.95. The first-order chi connectivity index (χ1) is 8.95. The van der Waals surface area contributed by atoms with E-state index >= 15 is 0 Å². The van der Waals surface area contributed by atoms with Gasteiger partial charge in [-0.2, -0.15) is 13.2 Å². The molecule has 0 aliphatic heterocycles. The Morgan fingerprint density at radius 2 is 1.60 bits per heavy atom. The largest absolute Gasteiger partial charge is 0.741 e. The minimum Gasteiger partial charge on any atom is -0.741 e. The lowest BCUT2D eigenvalue weighted by molar-refractivity contribution is -0.0517. The first-order valence-corrected chi connectivity index (χ1v) is 8.79. The Hall–Kier alpha value is -0.990. The van der Waals surface area contributed by atoms with Crippen molar-refractivity contribution in [3.8, 4) is 0 Å². The van der Waals surface area contributed by atoms with Crippen LogP contribution in [0.2, 0.25) is 0 Å². The number of alkyl halides is 3. The third kappa shape index (κ3) is 7.56. The van der Waals surface area contributed by atoms with Crippen LogP contribution in [-0.2, 0) is 21.0 Å². The van der Waals surface area contributed by atoms with E-state index in [1.54, 1.807) is 0 Å². The molecule has 114 valence electrons. The van der Waals surface area contributed by atoms with Crippen LogP contribution in [0.3, 0.4) is 0 Å². The zero-order valence-electron chi connectivity index (χ0n) is 11.1. The molecule has 0 saturated heterocycles. The zero-order valence-corrected chi connectivity index (χ0v) is 12.8. The third-order valence-corrected chi connectivity index (χ3v) is 3.32. The molecule has 20 heavy (non-hydrogen) atoms. The Kier molecular flexibility index (Phi) is 7.32. The molecule has 8 heteroatoms. The molecule has 0 unspecified atom stereocenters. The fourth-order valence-corrected chi connectivity index (χ4v) is 1.97. The highest BCUT2D eigenvalue weighted by molar-refractivity contribution is 7.98. The Labute approximate surface area is 119 Å². The summed E-state index contributed by atoms with van der Waals surface area (Å²) in [7, 11) is -5.70. The normalized spacial score (nSPS) is 12.9. The maximum atomic E-state index is 10.7. The van der Waals surface area contributed by atoms with E-state index in [1.165, 1.54) is 11.1 Å². The minimum absolute atomic E-state index is 0.392. The number of benzene rings is 1. The fourth-order valence-electron chi connectivity index (χ4n) is 1.12. The van der Waals surface area contributed by atoms with E-state index < -0.39 is 15.6 Å². The van der Waals surface area contributed by atoms with Gasteiger partial charge < -0.3 is 4.55 Å². The van der Waals surface area contributed by atoms with Gasteiger partial charge in [0, 0.05) is 16.5 Å². The number of allylic oxidation sites excluding steroid dienone is 1. The van der Waals surface area contributed by atoms with Crippen molar-refractivity contribution < 1.29 is 26.1 Å². The predicted molar refractivity (Wildman–Crippen MR) is 75.1 cm³/mol. The van der Waals surface area contributed by atoms with Gasteiger partial charge in [-0.15, -0.1) is 0 Å². The summed E-state index contributed by atoms with van der Waals surface area (Å²) in [4.78, 5) is 0. The fraction of sp³-hybridized carbons (Fsp3) is 0.333. The van der Waals surface area contributed by atoms with Crippen LogP contribution in [0.5, 0.6) is 0 Å². The molecule has 1 aromatic carbocycles. The lowest BCUT2D eigenvalue weighted by Crippen LogP contribution is -2.21. The monoisotopic (exact) mass is 328 g/mol. The molecule has 0 aliphatic carbocycles. The smallest absolute Gasteiger partial charge is 0.485 e. The van der Waals surface area contributed by atoms with E-state index in [4.69, 9.17) is 13.0 Å².